The third kappa shape index (κ3) is 2.40. The molecule has 0 saturated heterocycles. The molecule has 0 aromatic heterocycles. The highest BCUT2D eigenvalue weighted by Crippen LogP contribution is 2.28. The van der Waals surface area contributed by atoms with Gasteiger partial charge in [0, 0.05) is 0 Å². The third-order valence-electron chi connectivity index (χ3n) is 2.73. The normalized spacial score (nSPS) is 19.2. The molecule has 1 aromatic carbocycles. The van der Waals surface area contributed by atoms with Gasteiger partial charge in [0.1, 0.15) is 17.6 Å². The molecule has 0 spiro atoms. The summed E-state index contributed by atoms with van der Waals surface area (Å²) in [5.74, 6) is 0.889. The van der Waals surface area contributed by atoms with Gasteiger partial charge in [0.15, 0.2) is 0 Å². The van der Waals surface area contributed by atoms with E-state index in [4.69, 9.17) is 4.74 Å². The van der Waals surface area contributed by atoms with Crippen molar-refractivity contribution in [1.82, 2.24) is 10.6 Å². The minimum atomic E-state index is -0.320. The lowest BCUT2D eigenvalue weighted by molar-refractivity contribution is 0.181. The Labute approximate surface area is 105 Å². The number of carbonyl (C=O) groups is 1. The van der Waals surface area contributed by atoms with E-state index in [9.17, 15) is 9.90 Å². The first-order chi connectivity index (χ1) is 8.61. The molecule has 1 unspecified atom stereocenters. The summed E-state index contributed by atoms with van der Waals surface area (Å²) >= 11 is 0. The summed E-state index contributed by atoms with van der Waals surface area (Å²) < 4.78 is 5.58. The smallest absolute Gasteiger partial charge is 0.319 e. The maximum Gasteiger partial charge on any atom is 0.319 e. The largest absolute Gasteiger partial charge is 0.508 e. The lowest BCUT2D eigenvalue weighted by atomic mass is 10.0. The van der Waals surface area contributed by atoms with Crippen LogP contribution in [0.5, 0.6) is 5.75 Å². The predicted molar refractivity (Wildman–Crippen MR) is 66.8 cm³/mol. The third-order valence-corrected chi connectivity index (χ3v) is 2.73. The maximum absolute atomic E-state index is 11.5. The number of phenols is 1. The van der Waals surface area contributed by atoms with E-state index in [0.29, 0.717) is 18.1 Å². The van der Waals surface area contributed by atoms with Gasteiger partial charge in [-0.2, -0.15) is 0 Å². The number of amides is 2. The molecule has 0 aliphatic carbocycles. The summed E-state index contributed by atoms with van der Waals surface area (Å²) in [5.41, 5.74) is 1.57. The first kappa shape index (κ1) is 12.3. The number of allylic oxidation sites excluding steroid dienone is 1. The first-order valence-corrected chi connectivity index (χ1v) is 5.82. The summed E-state index contributed by atoms with van der Waals surface area (Å²) in [4.78, 5) is 11.5. The minimum Gasteiger partial charge on any atom is -0.508 e. The zero-order chi connectivity index (χ0) is 13.1. The summed E-state index contributed by atoms with van der Waals surface area (Å²) in [7, 11) is 0. The van der Waals surface area contributed by atoms with Gasteiger partial charge in [0.25, 0.3) is 0 Å². The number of ether oxygens (including phenoxy) is 1. The number of carbonyl (C=O) groups excluding carboxylic acids is 1. The molecule has 2 rings (SSSR count). The van der Waals surface area contributed by atoms with Gasteiger partial charge in [-0.1, -0.05) is 12.1 Å². The monoisotopic (exact) mass is 248 g/mol. The Bertz CT molecular complexity index is 480. The van der Waals surface area contributed by atoms with Crippen LogP contribution in [-0.2, 0) is 4.74 Å². The number of phenolic OH excluding ortho intramolecular Hbond substituents is 1. The lowest BCUT2D eigenvalue weighted by Crippen LogP contribution is -2.43. The highest BCUT2D eigenvalue weighted by molar-refractivity contribution is 5.78. The topological polar surface area (TPSA) is 70.6 Å². The van der Waals surface area contributed by atoms with Gasteiger partial charge in [-0.25, -0.2) is 4.79 Å². The van der Waals surface area contributed by atoms with Crippen molar-refractivity contribution in [3.63, 3.8) is 0 Å². The quantitative estimate of drug-likeness (QED) is 0.766. The van der Waals surface area contributed by atoms with E-state index in [0.717, 1.165) is 5.56 Å². The van der Waals surface area contributed by atoms with Crippen molar-refractivity contribution >= 4 is 6.03 Å². The van der Waals surface area contributed by atoms with E-state index >= 15 is 0 Å². The molecule has 2 amide bonds. The van der Waals surface area contributed by atoms with Crippen LogP contribution in [-0.4, -0.2) is 17.7 Å². The molecule has 0 bridgehead atoms. The van der Waals surface area contributed by atoms with Crippen LogP contribution < -0.4 is 10.6 Å². The van der Waals surface area contributed by atoms with Crippen molar-refractivity contribution in [3.8, 4) is 5.75 Å². The van der Waals surface area contributed by atoms with Crippen molar-refractivity contribution < 1.29 is 14.6 Å². The second-order valence-electron chi connectivity index (χ2n) is 4.05. The van der Waals surface area contributed by atoms with E-state index in [1.54, 1.807) is 31.2 Å². The van der Waals surface area contributed by atoms with E-state index in [1.165, 1.54) is 0 Å². The average Bonchev–Trinajstić information content (AvgIpc) is 2.33. The fourth-order valence-electron chi connectivity index (χ4n) is 1.93. The zero-order valence-electron chi connectivity index (χ0n) is 10.4. The van der Waals surface area contributed by atoms with Crippen molar-refractivity contribution in [1.29, 1.82) is 0 Å². The van der Waals surface area contributed by atoms with Gasteiger partial charge in [0.2, 0.25) is 0 Å². The molecule has 0 saturated carbocycles. The standard InChI is InChI=1S/C13H16N2O3/c1-3-18-12-8(2)14-13(17)15-11(12)9-4-6-10(16)7-5-9/h4-7,11,16H,3H2,1-2H3,(H2,14,15,17). The van der Waals surface area contributed by atoms with E-state index in [1.807, 2.05) is 6.92 Å². The fraction of sp³-hybridized carbons (Fsp3) is 0.308. The molecule has 5 heteroatoms. The number of benzene rings is 1. The molecule has 96 valence electrons. The first-order valence-electron chi connectivity index (χ1n) is 5.82. The SMILES string of the molecule is CCOC1=C(C)NC(=O)NC1c1ccc(O)cc1. The number of aromatic hydroxyl groups is 1. The molecule has 0 radical (unpaired) electrons. The Morgan fingerprint density at radius 2 is 2.00 bits per heavy atom. The van der Waals surface area contributed by atoms with E-state index in [2.05, 4.69) is 10.6 Å². The van der Waals surface area contributed by atoms with Gasteiger partial charge in [0.05, 0.1) is 12.3 Å². The molecule has 1 atom stereocenters. The van der Waals surface area contributed by atoms with Gasteiger partial charge >= 0.3 is 6.03 Å². The number of hydrogen-bond acceptors (Lipinski definition) is 3. The van der Waals surface area contributed by atoms with Crippen LogP contribution in [0.15, 0.2) is 35.7 Å². The average molecular weight is 248 g/mol. The Morgan fingerprint density at radius 3 is 2.61 bits per heavy atom. The van der Waals surface area contributed by atoms with Crippen LogP contribution in [0.3, 0.4) is 0 Å². The van der Waals surface area contributed by atoms with Crippen LogP contribution in [0, 0.1) is 0 Å². The van der Waals surface area contributed by atoms with E-state index in [-0.39, 0.29) is 17.8 Å². The van der Waals surface area contributed by atoms with Crippen molar-refractivity contribution in [2.24, 2.45) is 0 Å². The summed E-state index contributed by atoms with van der Waals surface area (Å²) in [6.45, 7) is 4.22. The molecule has 18 heavy (non-hydrogen) atoms. The molecule has 0 fully saturated rings. The molecule has 1 aromatic rings. The van der Waals surface area contributed by atoms with Crippen LogP contribution in [0.25, 0.3) is 0 Å². The van der Waals surface area contributed by atoms with Crippen LogP contribution in [0.4, 0.5) is 4.79 Å². The second kappa shape index (κ2) is 5.00. The Balaban J connectivity index is 2.36. The predicted octanol–water partition coefficient (Wildman–Crippen LogP) is 2.01. The van der Waals surface area contributed by atoms with Gasteiger partial charge < -0.3 is 20.5 Å². The molecule has 1 heterocycles. The number of hydrogen-bond donors (Lipinski definition) is 3. The summed E-state index contributed by atoms with van der Waals surface area (Å²) in [6.07, 6.45) is 0. The molecular weight excluding hydrogens is 232 g/mol. The highest BCUT2D eigenvalue weighted by Gasteiger charge is 2.27. The Hall–Kier alpha value is -2.17. The molecule has 5 nitrogen and oxygen atoms in total. The second-order valence-corrected chi connectivity index (χ2v) is 4.05. The molecule has 1 aliphatic rings. The van der Waals surface area contributed by atoms with Gasteiger partial charge in [-0.15, -0.1) is 0 Å². The van der Waals surface area contributed by atoms with Gasteiger partial charge in [-0.3, -0.25) is 0 Å². The summed E-state index contributed by atoms with van der Waals surface area (Å²) in [6, 6.07) is 6.12. The Kier molecular flexibility index (Phi) is 3.41. The molecule has 1 aliphatic heterocycles. The lowest BCUT2D eigenvalue weighted by Gasteiger charge is -2.28. The number of nitrogens with one attached hydrogen (secondary N) is 2. The van der Waals surface area contributed by atoms with Crippen LogP contribution in [0.2, 0.25) is 0 Å². The zero-order valence-corrected chi connectivity index (χ0v) is 10.4. The number of urea groups is 1. The maximum atomic E-state index is 11.5. The van der Waals surface area contributed by atoms with Crippen molar-refractivity contribution in [2.45, 2.75) is 19.9 Å². The molecule has 3 N–H and O–H groups in total. The molecular formula is C13H16N2O3. The highest BCUT2D eigenvalue weighted by atomic mass is 16.5. The van der Waals surface area contributed by atoms with E-state index < -0.39 is 0 Å². The minimum absolute atomic E-state index is 0.192. The van der Waals surface area contributed by atoms with Crippen LogP contribution >= 0.6 is 0 Å². The van der Waals surface area contributed by atoms with Crippen molar-refractivity contribution in [2.75, 3.05) is 6.61 Å². The van der Waals surface area contributed by atoms with Gasteiger partial charge in [-0.05, 0) is 31.5 Å². The Morgan fingerprint density at radius 1 is 1.33 bits per heavy atom. The summed E-state index contributed by atoms with van der Waals surface area (Å²) in [5, 5.41) is 14.8. The number of rotatable bonds is 3. The fourth-order valence-corrected chi connectivity index (χ4v) is 1.93. The van der Waals surface area contributed by atoms with Crippen LogP contribution in [0.1, 0.15) is 25.5 Å². The van der Waals surface area contributed by atoms with Crippen molar-refractivity contribution in [3.05, 3.63) is 41.3 Å².